The maximum Gasteiger partial charge on any atom is 0.303 e. The van der Waals surface area contributed by atoms with Gasteiger partial charge < -0.3 is 14.2 Å². The summed E-state index contributed by atoms with van der Waals surface area (Å²) in [4.78, 5) is 11.0. The van der Waals surface area contributed by atoms with Crippen molar-refractivity contribution in [2.45, 2.75) is 25.9 Å². The summed E-state index contributed by atoms with van der Waals surface area (Å²) in [5.41, 5.74) is 1.05. The average Bonchev–Trinajstić information content (AvgIpc) is 2.38. The van der Waals surface area contributed by atoms with Crippen molar-refractivity contribution in [3.8, 4) is 0 Å². The number of hydrogen-bond donors (Lipinski definition) is 0. The molecule has 1 aromatic carbocycles. The molecule has 0 unspecified atom stereocenters. The first-order valence-corrected chi connectivity index (χ1v) is 5.87. The van der Waals surface area contributed by atoms with Gasteiger partial charge in [0.15, 0.2) is 12.4 Å². The molecule has 0 spiro atoms. The van der Waals surface area contributed by atoms with E-state index in [2.05, 4.69) is 0 Å². The fourth-order valence-corrected chi connectivity index (χ4v) is 1.71. The highest BCUT2D eigenvalue weighted by Gasteiger charge is 2.25. The molecule has 0 saturated heterocycles. The molecule has 0 N–H and O–H groups in total. The Bertz CT molecular complexity index is 413. The van der Waals surface area contributed by atoms with E-state index in [1.807, 2.05) is 36.4 Å². The molecule has 0 saturated carbocycles. The van der Waals surface area contributed by atoms with Gasteiger partial charge in [0.05, 0.1) is 13.2 Å². The number of benzene rings is 1. The lowest BCUT2D eigenvalue weighted by Gasteiger charge is -2.27. The van der Waals surface area contributed by atoms with E-state index in [4.69, 9.17) is 14.2 Å². The molecule has 0 amide bonds. The van der Waals surface area contributed by atoms with Crippen LogP contribution in [-0.4, -0.2) is 25.0 Å². The average molecular weight is 248 g/mol. The maximum absolute atomic E-state index is 11.0. The summed E-state index contributed by atoms with van der Waals surface area (Å²) in [6.45, 7) is 2.27. The molecular formula is C14H16O4. The summed E-state index contributed by atoms with van der Waals surface area (Å²) < 4.78 is 16.2. The van der Waals surface area contributed by atoms with E-state index >= 15 is 0 Å². The van der Waals surface area contributed by atoms with Crippen LogP contribution in [0.15, 0.2) is 42.5 Å². The zero-order valence-corrected chi connectivity index (χ0v) is 10.2. The minimum Gasteiger partial charge on any atom is -0.453 e. The molecule has 1 heterocycles. The highest BCUT2D eigenvalue weighted by Crippen LogP contribution is 2.15. The molecule has 96 valence electrons. The van der Waals surface area contributed by atoms with Crippen LogP contribution in [0.4, 0.5) is 0 Å². The second-order valence-electron chi connectivity index (χ2n) is 4.00. The predicted octanol–water partition coefficient (Wildman–Crippen LogP) is 2.05. The van der Waals surface area contributed by atoms with Crippen LogP contribution in [0.3, 0.4) is 0 Å². The van der Waals surface area contributed by atoms with Crippen LogP contribution in [0.5, 0.6) is 0 Å². The van der Waals surface area contributed by atoms with Crippen molar-refractivity contribution >= 4 is 5.97 Å². The second kappa shape index (κ2) is 6.33. The van der Waals surface area contributed by atoms with E-state index in [1.165, 1.54) is 6.92 Å². The van der Waals surface area contributed by atoms with Crippen LogP contribution in [0.25, 0.3) is 0 Å². The Morgan fingerprint density at radius 1 is 1.39 bits per heavy atom. The molecule has 1 aliphatic heterocycles. The van der Waals surface area contributed by atoms with E-state index in [1.54, 1.807) is 6.08 Å². The molecule has 0 bridgehead atoms. The third-order valence-electron chi connectivity index (χ3n) is 2.51. The zero-order valence-electron chi connectivity index (χ0n) is 10.2. The van der Waals surface area contributed by atoms with Gasteiger partial charge in [-0.05, 0) is 11.6 Å². The molecule has 4 heteroatoms. The summed E-state index contributed by atoms with van der Waals surface area (Å²) in [6, 6.07) is 9.79. The lowest BCUT2D eigenvalue weighted by molar-refractivity contribution is -0.203. The summed E-state index contributed by atoms with van der Waals surface area (Å²) in [6.07, 6.45) is 2.59. The third kappa shape index (κ3) is 3.68. The Labute approximate surface area is 106 Å². The van der Waals surface area contributed by atoms with E-state index in [0.717, 1.165) is 5.56 Å². The molecule has 0 radical (unpaired) electrons. The monoisotopic (exact) mass is 248 g/mol. The Morgan fingerprint density at radius 2 is 2.17 bits per heavy atom. The van der Waals surface area contributed by atoms with Gasteiger partial charge in [0.1, 0.15) is 0 Å². The van der Waals surface area contributed by atoms with Crippen molar-refractivity contribution in [3.05, 3.63) is 48.0 Å². The van der Waals surface area contributed by atoms with E-state index in [9.17, 15) is 4.79 Å². The van der Waals surface area contributed by atoms with Gasteiger partial charge in [-0.3, -0.25) is 4.79 Å². The number of esters is 1. The highest BCUT2D eigenvalue weighted by atomic mass is 16.7. The van der Waals surface area contributed by atoms with Crippen LogP contribution < -0.4 is 0 Å². The fourth-order valence-electron chi connectivity index (χ4n) is 1.71. The van der Waals surface area contributed by atoms with Crippen molar-refractivity contribution in [3.63, 3.8) is 0 Å². The highest BCUT2D eigenvalue weighted by molar-refractivity contribution is 5.66. The van der Waals surface area contributed by atoms with Crippen LogP contribution in [0.1, 0.15) is 12.5 Å². The maximum atomic E-state index is 11.0. The van der Waals surface area contributed by atoms with Crippen molar-refractivity contribution in [1.29, 1.82) is 0 Å². The molecule has 4 nitrogen and oxygen atoms in total. The van der Waals surface area contributed by atoms with Crippen LogP contribution in [0.2, 0.25) is 0 Å². The summed E-state index contributed by atoms with van der Waals surface area (Å²) >= 11 is 0. The number of rotatable bonds is 4. The number of ether oxygens (including phenoxy) is 3. The number of hydrogen-bond acceptors (Lipinski definition) is 4. The quantitative estimate of drug-likeness (QED) is 0.604. The minimum atomic E-state index is -0.542. The standard InChI is InChI=1S/C14H16O4/c1-11(15)18-13-8-5-9-16-14(13)17-10-12-6-3-2-4-7-12/h2-8,13-14H,9-10H2,1H3/t13-,14-/m1/s1. The van der Waals surface area contributed by atoms with Gasteiger partial charge in [-0.1, -0.05) is 36.4 Å². The molecule has 0 fully saturated rings. The van der Waals surface area contributed by atoms with Crippen LogP contribution >= 0.6 is 0 Å². The largest absolute Gasteiger partial charge is 0.453 e. The van der Waals surface area contributed by atoms with Gasteiger partial charge in [0.25, 0.3) is 0 Å². The lowest BCUT2D eigenvalue weighted by atomic mass is 10.2. The van der Waals surface area contributed by atoms with Gasteiger partial charge in [0.2, 0.25) is 0 Å². The first-order valence-electron chi connectivity index (χ1n) is 5.87. The van der Waals surface area contributed by atoms with E-state index < -0.39 is 12.4 Å². The first-order chi connectivity index (χ1) is 8.75. The summed E-state index contributed by atoms with van der Waals surface area (Å²) in [5, 5.41) is 0. The molecule has 2 atom stereocenters. The molecule has 1 aliphatic rings. The fraction of sp³-hybridized carbons (Fsp3) is 0.357. The van der Waals surface area contributed by atoms with E-state index in [-0.39, 0.29) is 5.97 Å². The second-order valence-corrected chi connectivity index (χ2v) is 4.00. The Balaban J connectivity index is 1.90. The van der Waals surface area contributed by atoms with E-state index in [0.29, 0.717) is 13.2 Å². The SMILES string of the molecule is CC(=O)O[C@@H]1C=CCO[C@@H]1OCc1ccccc1. The van der Waals surface area contributed by atoms with Gasteiger partial charge >= 0.3 is 5.97 Å². The number of carbonyl (C=O) groups excluding carboxylic acids is 1. The molecular weight excluding hydrogens is 232 g/mol. The van der Waals surface area contributed by atoms with Crippen molar-refractivity contribution in [1.82, 2.24) is 0 Å². The van der Waals surface area contributed by atoms with Gasteiger partial charge in [-0.15, -0.1) is 0 Å². The van der Waals surface area contributed by atoms with Gasteiger partial charge in [-0.2, -0.15) is 0 Å². The van der Waals surface area contributed by atoms with Crippen molar-refractivity contribution < 1.29 is 19.0 Å². The Hall–Kier alpha value is -1.65. The van der Waals surface area contributed by atoms with Crippen molar-refractivity contribution in [2.75, 3.05) is 6.61 Å². The molecule has 0 aromatic heterocycles. The topological polar surface area (TPSA) is 44.8 Å². The molecule has 1 aromatic rings. The normalized spacial score (nSPS) is 22.7. The van der Waals surface area contributed by atoms with Gasteiger partial charge in [0, 0.05) is 6.92 Å². The first kappa shape index (κ1) is 12.8. The lowest BCUT2D eigenvalue weighted by Crippen LogP contribution is -2.36. The third-order valence-corrected chi connectivity index (χ3v) is 2.51. The number of carbonyl (C=O) groups is 1. The van der Waals surface area contributed by atoms with Crippen LogP contribution in [0, 0.1) is 0 Å². The smallest absolute Gasteiger partial charge is 0.303 e. The van der Waals surface area contributed by atoms with Crippen molar-refractivity contribution in [2.24, 2.45) is 0 Å². The Morgan fingerprint density at radius 3 is 2.89 bits per heavy atom. The Kier molecular flexibility index (Phi) is 4.50. The molecule has 18 heavy (non-hydrogen) atoms. The van der Waals surface area contributed by atoms with Gasteiger partial charge in [-0.25, -0.2) is 0 Å². The molecule has 0 aliphatic carbocycles. The van der Waals surface area contributed by atoms with Crippen LogP contribution in [-0.2, 0) is 25.6 Å². The molecule has 2 rings (SSSR count). The predicted molar refractivity (Wildman–Crippen MR) is 65.7 cm³/mol. The summed E-state index contributed by atoms with van der Waals surface area (Å²) in [7, 11) is 0. The zero-order chi connectivity index (χ0) is 12.8. The summed E-state index contributed by atoms with van der Waals surface area (Å²) in [5.74, 6) is -0.344. The minimum absolute atomic E-state index is 0.344.